The molecule has 1 rings (SSSR count). The van der Waals surface area contributed by atoms with Crippen LogP contribution in [0.15, 0.2) is 23.3 Å². The van der Waals surface area contributed by atoms with E-state index >= 15 is 0 Å². The smallest absolute Gasteiger partial charge is 0.166 e. The SMILES string of the molecule is [CH2-]OCCNc1cc(C(C)(C)C#N)c(C(=N)Br)c(/N=C(N)\C=C/N)n1.[Pm]. The number of anilines is 1. The van der Waals surface area contributed by atoms with Crippen LogP contribution in [0.4, 0.5) is 11.6 Å². The summed E-state index contributed by atoms with van der Waals surface area (Å²) < 4.78 is 4.82. The van der Waals surface area contributed by atoms with Crippen molar-refractivity contribution in [2.45, 2.75) is 19.3 Å². The van der Waals surface area contributed by atoms with Crippen molar-refractivity contribution in [3.05, 3.63) is 36.6 Å². The third-order valence-corrected chi connectivity index (χ3v) is 3.62. The van der Waals surface area contributed by atoms with Gasteiger partial charge in [-0.05, 0) is 53.7 Å². The molecule has 1 aromatic heterocycles. The summed E-state index contributed by atoms with van der Waals surface area (Å²) in [5.74, 6) is 0.816. The summed E-state index contributed by atoms with van der Waals surface area (Å²) in [6, 6.07) is 3.95. The maximum atomic E-state index is 9.52. The molecule has 1 heterocycles. The maximum absolute atomic E-state index is 9.52. The van der Waals surface area contributed by atoms with E-state index < -0.39 is 5.41 Å². The van der Waals surface area contributed by atoms with Gasteiger partial charge in [0.1, 0.15) is 16.3 Å². The number of hydrogen-bond donors (Lipinski definition) is 4. The Hall–Kier alpha value is -1.10. The topological polar surface area (TPSA) is 146 Å². The molecule has 8 nitrogen and oxygen atoms in total. The van der Waals surface area contributed by atoms with Gasteiger partial charge in [0.05, 0.1) is 17.0 Å². The van der Waals surface area contributed by atoms with Crippen LogP contribution in [0.3, 0.4) is 0 Å². The summed E-state index contributed by atoms with van der Waals surface area (Å²) >= 11 is 3.16. The molecule has 0 atom stereocenters. The molecule has 0 unspecified atom stereocenters. The standard InChI is InChI=1S/C16H21BrN7O.Pm/c1-16(2,9-19)10-8-12(22-6-7-25-3)24-15(13(10)14(17)21)23-11(20)4-5-18;/h4-5,8,21H,3,6-7,18H2,1-2H3,(H3,20,22,23,24);/q-1;/b5-4-,21-14?;. The van der Waals surface area contributed by atoms with E-state index in [9.17, 15) is 5.26 Å². The second kappa shape index (κ2) is 11.6. The summed E-state index contributed by atoms with van der Waals surface area (Å²) in [5.41, 5.74) is 11.2. The van der Waals surface area contributed by atoms with E-state index in [1.807, 2.05) is 0 Å². The van der Waals surface area contributed by atoms with Crippen LogP contribution >= 0.6 is 15.9 Å². The van der Waals surface area contributed by atoms with Crippen LogP contribution in [0.2, 0.25) is 0 Å². The average molecular weight is 552 g/mol. The van der Waals surface area contributed by atoms with Crippen LogP contribution in [0, 0.1) is 64.2 Å². The number of pyridine rings is 1. The molecule has 139 valence electrons. The first-order chi connectivity index (χ1) is 11.8. The van der Waals surface area contributed by atoms with Gasteiger partial charge in [-0.1, -0.05) is 0 Å². The zero-order valence-electron chi connectivity index (χ0n) is 14.6. The van der Waals surface area contributed by atoms with Gasteiger partial charge < -0.3 is 21.5 Å². The van der Waals surface area contributed by atoms with Crippen molar-refractivity contribution in [1.29, 1.82) is 10.7 Å². The Morgan fingerprint density at radius 2 is 2.27 bits per heavy atom. The quantitative estimate of drug-likeness (QED) is 0.169. The fraction of sp³-hybridized carbons (Fsp3) is 0.312. The molecule has 1 radical (unpaired) electrons. The first-order valence-electron chi connectivity index (χ1n) is 7.31. The summed E-state index contributed by atoms with van der Waals surface area (Å²) in [7, 11) is 3.31. The number of aliphatic imine (C=N–C) groups is 1. The van der Waals surface area contributed by atoms with E-state index in [1.165, 1.54) is 12.3 Å². The van der Waals surface area contributed by atoms with E-state index in [2.05, 4.69) is 44.4 Å². The molecule has 0 saturated carbocycles. The molecule has 0 aliphatic rings. The molecule has 26 heavy (non-hydrogen) atoms. The summed E-state index contributed by atoms with van der Waals surface area (Å²) in [5, 5.41) is 20.6. The van der Waals surface area contributed by atoms with E-state index in [-0.39, 0.29) is 56.7 Å². The van der Waals surface area contributed by atoms with Crippen molar-refractivity contribution in [1.82, 2.24) is 4.98 Å². The van der Waals surface area contributed by atoms with Crippen LogP contribution < -0.4 is 16.8 Å². The van der Waals surface area contributed by atoms with Gasteiger partial charge in [0.15, 0.2) is 5.82 Å². The molecule has 1 aromatic rings. The number of amidine groups is 1. The van der Waals surface area contributed by atoms with Crippen molar-refractivity contribution < 1.29 is 45.1 Å². The van der Waals surface area contributed by atoms with Gasteiger partial charge >= 0.3 is 0 Å². The zero-order valence-corrected chi connectivity index (χ0v) is 19.0. The Morgan fingerprint density at radius 1 is 1.62 bits per heavy atom. The van der Waals surface area contributed by atoms with Crippen molar-refractivity contribution in [3.8, 4) is 6.07 Å². The molecule has 0 aromatic carbocycles. The van der Waals surface area contributed by atoms with Gasteiger partial charge in [0.2, 0.25) is 0 Å². The molecule has 10 heteroatoms. The number of aromatic nitrogens is 1. The monoisotopic (exact) mass is 551 g/mol. The molecule has 0 bridgehead atoms. The van der Waals surface area contributed by atoms with Crippen LogP contribution in [-0.4, -0.2) is 28.6 Å². The number of halogens is 1. The molecular formula is C16H21BrN7OPm-. The summed E-state index contributed by atoms with van der Waals surface area (Å²) in [6.45, 7) is 4.35. The van der Waals surface area contributed by atoms with Gasteiger partial charge in [-0.25, -0.2) is 17.1 Å². The second-order valence-corrected chi connectivity index (χ2v) is 6.33. The Kier molecular flexibility index (Phi) is 11.1. The van der Waals surface area contributed by atoms with Crippen molar-refractivity contribution in [3.63, 3.8) is 0 Å². The third-order valence-electron chi connectivity index (χ3n) is 3.23. The van der Waals surface area contributed by atoms with Gasteiger partial charge in [-0.2, -0.15) is 5.26 Å². The summed E-state index contributed by atoms with van der Waals surface area (Å²) in [6.07, 6.45) is 2.67. The molecule has 0 spiro atoms. The van der Waals surface area contributed by atoms with Crippen LogP contribution in [0.25, 0.3) is 0 Å². The zero-order chi connectivity index (χ0) is 19.0. The van der Waals surface area contributed by atoms with Crippen LogP contribution in [-0.2, 0) is 10.2 Å². The largest absolute Gasteiger partial charge is 0.554 e. The van der Waals surface area contributed by atoms with E-state index in [0.717, 1.165) is 0 Å². The van der Waals surface area contributed by atoms with Gasteiger partial charge in [-0.3, -0.25) is 5.41 Å². The molecule has 0 aliphatic heterocycles. The molecule has 0 amide bonds. The third kappa shape index (κ3) is 6.90. The number of nitrogens with two attached hydrogens (primary N) is 2. The molecule has 0 fully saturated rings. The number of ether oxygens (including phenoxy) is 1. The first kappa shape index (κ1) is 24.9. The van der Waals surface area contributed by atoms with Gasteiger partial charge in [-0.15, -0.1) is 0 Å². The van der Waals surface area contributed by atoms with Crippen LogP contribution in [0.1, 0.15) is 25.0 Å². The van der Waals surface area contributed by atoms with Gasteiger partial charge in [0.25, 0.3) is 0 Å². The normalized spacial score (nSPS) is 11.7. The molecule has 6 N–H and O–H groups in total. The fourth-order valence-corrected chi connectivity index (χ4v) is 2.37. The predicted molar refractivity (Wildman–Crippen MR) is 103 cm³/mol. The average Bonchev–Trinajstić information content (AvgIpc) is 2.54. The predicted octanol–water partition coefficient (Wildman–Crippen LogP) is 2.28. The minimum absolute atomic E-state index is 0. The number of nitriles is 1. The van der Waals surface area contributed by atoms with E-state index in [0.29, 0.717) is 30.1 Å². The van der Waals surface area contributed by atoms with Crippen molar-refractivity contribution in [2.75, 3.05) is 18.5 Å². The Morgan fingerprint density at radius 3 is 2.77 bits per heavy atom. The Bertz CT molecular complexity index is 741. The van der Waals surface area contributed by atoms with Crippen LogP contribution in [0.5, 0.6) is 0 Å². The minimum Gasteiger partial charge on any atom is -0.554 e. The number of hydrogen-bond acceptors (Lipinski definition) is 7. The Balaban J connectivity index is 0.00000625. The fourth-order valence-electron chi connectivity index (χ4n) is 1.98. The molecular weight excluding hydrogens is 531 g/mol. The Labute approximate surface area is 194 Å². The second-order valence-electron chi connectivity index (χ2n) is 5.54. The minimum atomic E-state index is -0.875. The van der Waals surface area contributed by atoms with Gasteiger partial charge in [0, 0.05) is 53.5 Å². The van der Waals surface area contributed by atoms with E-state index in [4.69, 9.17) is 21.6 Å². The van der Waals surface area contributed by atoms with E-state index in [1.54, 1.807) is 19.9 Å². The molecule has 0 aliphatic carbocycles. The number of nitrogens with zero attached hydrogens (tertiary/aromatic N) is 3. The summed E-state index contributed by atoms with van der Waals surface area (Å²) in [4.78, 5) is 8.61. The first-order valence-corrected chi connectivity index (χ1v) is 8.10. The number of rotatable bonds is 8. The molecule has 0 saturated heterocycles. The maximum Gasteiger partial charge on any atom is 0.166 e. The number of nitrogens with one attached hydrogen (secondary N) is 2. The van der Waals surface area contributed by atoms with Crippen molar-refractivity contribution >= 4 is 38.0 Å². The van der Waals surface area contributed by atoms with Crippen molar-refractivity contribution in [2.24, 2.45) is 16.5 Å².